The van der Waals surface area contributed by atoms with Gasteiger partial charge >= 0.3 is 0 Å². The minimum atomic E-state index is -0.702. The van der Waals surface area contributed by atoms with Crippen LogP contribution in [0.15, 0.2) is 24.3 Å². The van der Waals surface area contributed by atoms with Crippen LogP contribution in [-0.2, 0) is 19.1 Å². The Hall–Kier alpha value is -1.92. The summed E-state index contributed by atoms with van der Waals surface area (Å²) in [5.41, 5.74) is 1.98. The number of carbonyl (C=O) groups excluding carboxylic acids is 2. The van der Waals surface area contributed by atoms with Gasteiger partial charge < -0.3 is 19.3 Å². The lowest BCUT2D eigenvalue weighted by atomic mass is 9.93. The van der Waals surface area contributed by atoms with E-state index in [-0.39, 0.29) is 18.4 Å². The standard InChI is InChI=1S/C19H28N2O4/c1-5-10-21(11-12-24-4)19(23)18-17(20(3)16(22)13-25-18)15-9-7-6-8-14(15)2/h6-9,17-18H,5,10-13H2,1-4H3/t17-,18+/m1/s1. The molecule has 0 unspecified atom stereocenters. The Morgan fingerprint density at radius 3 is 2.72 bits per heavy atom. The van der Waals surface area contributed by atoms with Gasteiger partial charge in [-0.25, -0.2) is 0 Å². The zero-order valence-electron chi connectivity index (χ0n) is 15.5. The van der Waals surface area contributed by atoms with Crippen LogP contribution in [0.4, 0.5) is 0 Å². The molecule has 2 rings (SSSR count). The van der Waals surface area contributed by atoms with Crippen LogP contribution in [0.3, 0.4) is 0 Å². The van der Waals surface area contributed by atoms with E-state index in [1.165, 1.54) is 0 Å². The molecule has 1 heterocycles. The summed E-state index contributed by atoms with van der Waals surface area (Å²) in [7, 11) is 3.36. The molecule has 2 atom stereocenters. The number of amides is 2. The van der Waals surface area contributed by atoms with Gasteiger partial charge in [-0.2, -0.15) is 0 Å². The van der Waals surface area contributed by atoms with Crippen molar-refractivity contribution in [3.8, 4) is 0 Å². The lowest BCUT2D eigenvalue weighted by molar-refractivity contribution is -0.167. The SMILES string of the molecule is CCCN(CCOC)C(=O)[C@H]1OCC(=O)N(C)[C@@H]1c1ccccc1C. The highest BCUT2D eigenvalue weighted by Gasteiger charge is 2.42. The van der Waals surface area contributed by atoms with Crippen molar-refractivity contribution in [2.24, 2.45) is 0 Å². The molecule has 1 fully saturated rings. The normalized spacial score (nSPS) is 20.6. The second kappa shape index (κ2) is 8.97. The molecule has 2 amide bonds. The summed E-state index contributed by atoms with van der Waals surface area (Å²) in [6, 6.07) is 7.39. The summed E-state index contributed by atoms with van der Waals surface area (Å²) in [5, 5.41) is 0. The zero-order chi connectivity index (χ0) is 18.4. The van der Waals surface area contributed by atoms with Gasteiger partial charge in [-0.15, -0.1) is 0 Å². The number of hydrogen-bond acceptors (Lipinski definition) is 4. The Kier molecular flexibility index (Phi) is 6.96. The summed E-state index contributed by atoms with van der Waals surface area (Å²) in [6.45, 7) is 5.57. The zero-order valence-corrected chi connectivity index (χ0v) is 15.5. The van der Waals surface area contributed by atoms with Crippen LogP contribution in [0, 0.1) is 6.92 Å². The van der Waals surface area contributed by atoms with Crippen LogP contribution >= 0.6 is 0 Å². The molecule has 1 aliphatic rings. The molecule has 1 aromatic carbocycles. The number of hydrogen-bond donors (Lipinski definition) is 0. The third kappa shape index (κ3) is 4.38. The summed E-state index contributed by atoms with van der Waals surface area (Å²) in [6.07, 6.45) is 0.151. The Balaban J connectivity index is 2.33. The van der Waals surface area contributed by atoms with Crippen molar-refractivity contribution in [2.75, 3.05) is 40.5 Å². The Morgan fingerprint density at radius 2 is 2.08 bits per heavy atom. The number of ether oxygens (including phenoxy) is 2. The van der Waals surface area contributed by atoms with E-state index in [4.69, 9.17) is 9.47 Å². The molecule has 0 aliphatic carbocycles. The third-order valence-electron chi connectivity index (χ3n) is 4.60. The van der Waals surface area contributed by atoms with Crippen molar-refractivity contribution in [3.63, 3.8) is 0 Å². The molecular weight excluding hydrogens is 320 g/mol. The molecule has 1 aromatic rings. The van der Waals surface area contributed by atoms with Crippen LogP contribution in [0.5, 0.6) is 0 Å². The minimum Gasteiger partial charge on any atom is -0.383 e. The molecular formula is C19H28N2O4. The number of nitrogens with zero attached hydrogens (tertiary/aromatic N) is 2. The van der Waals surface area contributed by atoms with E-state index in [1.807, 2.05) is 38.1 Å². The highest BCUT2D eigenvalue weighted by Crippen LogP contribution is 2.32. The third-order valence-corrected chi connectivity index (χ3v) is 4.60. The van der Waals surface area contributed by atoms with Gasteiger partial charge in [0.15, 0.2) is 6.10 Å². The number of carbonyl (C=O) groups is 2. The van der Waals surface area contributed by atoms with Crippen molar-refractivity contribution in [3.05, 3.63) is 35.4 Å². The molecule has 25 heavy (non-hydrogen) atoms. The summed E-state index contributed by atoms with van der Waals surface area (Å²) >= 11 is 0. The smallest absolute Gasteiger partial charge is 0.254 e. The van der Waals surface area contributed by atoms with Crippen LogP contribution in [0.1, 0.15) is 30.5 Å². The lowest BCUT2D eigenvalue weighted by Crippen LogP contribution is -2.54. The van der Waals surface area contributed by atoms with Gasteiger partial charge in [-0.3, -0.25) is 9.59 Å². The van der Waals surface area contributed by atoms with Gasteiger partial charge in [0.05, 0.1) is 12.6 Å². The van der Waals surface area contributed by atoms with E-state index in [2.05, 4.69) is 0 Å². The van der Waals surface area contributed by atoms with Crippen LogP contribution in [-0.4, -0.2) is 68.2 Å². The molecule has 138 valence electrons. The van der Waals surface area contributed by atoms with Gasteiger partial charge in [-0.1, -0.05) is 31.2 Å². The number of morpholine rings is 1. The predicted octanol–water partition coefficient (Wildman–Crippen LogP) is 1.78. The number of aryl methyl sites for hydroxylation is 1. The van der Waals surface area contributed by atoms with E-state index in [0.29, 0.717) is 19.7 Å². The molecule has 6 heteroatoms. The molecule has 0 saturated carbocycles. The molecule has 1 aliphatic heterocycles. The van der Waals surface area contributed by atoms with Crippen LogP contribution in [0.25, 0.3) is 0 Å². The fourth-order valence-corrected chi connectivity index (χ4v) is 3.19. The second-order valence-electron chi connectivity index (χ2n) is 6.36. The van der Waals surface area contributed by atoms with E-state index in [1.54, 1.807) is 24.0 Å². The highest BCUT2D eigenvalue weighted by atomic mass is 16.5. The first-order chi connectivity index (χ1) is 12.0. The first-order valence-electron chi connectivity index (χ1n) is 8.71. The van der Waals surface area contributed by atoms with Gasteiger partial charge in [0.1, 0.15) is 6.61 Å². The average molecular weight is 348 g/mol. The number of methoxy groups -OCH3 is 1. The summed E-state index contributed by atoms with van der Waals surface area (Å²) < 4.78 is 10.9. The largest absolute Gasteiger partial charge is 0.383 e. The first-order valence-corrected chi connectivity index (χ1v) is 8.71. The molecule has 1 saturated heterocycles. The first kappa shape index (κ1) is 19.4. The topological polar surface area (TPSA) is 59.1 Å². The Morgan fingerprint density at radius 1 is 1.36 bits per heavy atom. The molecule has 0 radical (unpaired) electrons. The second-order valence-corrected chi connectivity index (χ2v) is 6.36. The predicted molar refractivity (Wildman–Crippen MR) is 95.2 cm³/mol. The fraction of sp³-hybridized carbons (Fsp3) is 0.579. The van der Waals surface area contributed by atoms with Gasteiger partial charge in [0, 0.05) is 27.2 Å². The van der Waals surface area contributed by atoms with Crippen LogP contribution < -0.4 is 0 Å². The summed E-state index contributed by atoms with van der Waals surface area (Å²) in [5.74, 6) is -0.206. The fourth-order valence-electron chi connectivity index (χ4n) is 3.19. The quantitative estimate of drug-likeness (QED) is 0.754. The highest BCUT2D eigenvalue weighted by molar-refractivity contribution is 5.86. The van der Waals surface area contributed by atoms with Crippen molar-refractivity contribution in [2.45, 2.75) is 32.4 Å². The monoisotopic (exact) mass is 348 g/mol. The van der Waals surface area contributed by atoms with Crippen molar-refractivity contribution in [1.29, 1.82) is 0 Å². The molecule has 6 nitrogen and oxygen atoms in total. The lowest BCUT2D eigenvalue weighted by Gasteiger charge is -2.40. The maximum absolute atomic E-state index is 13.1. The average Bonchev–Trinajstić information content (AvgIpc) is 2.61. The van der Waals surface area contributed by atoms with Crippen molar-refractivity contribution in [1.82, 2.24) is 9.80 Å². The van der Waals surface area contributed by atoms with E-state index in [9.17, 15) is 9.59 Å². The Labute approximate surface area is 149 Å². The Bertz CT molecular complexity index is 605. The molecule has 0 bridgehead atoms. The van der Waals surface area contributed by atoms with Crippen LogP contribution in [0.2, 0.25) is 0 Å². The van der Waals surface area contributed by atoms with E-state index >= 15 is 0 Å². The van der Waals surface area contributed by atoms with Gasteiger partial charge in [0.25, 0.3) is 5.91 Å². The number of benzene rings is 1. The maximum Gasteiger partial charge on any atom is 0.254 e. The van der Waals surface area contributed by atoms with Gasteiger partial charge in [-0.05, 0) is 24.5 Å². The maximum atomic E-state index is 13.1. The van der Waals surface area contributed by atoms with Gasteiger partial charge in [0.2, 0.25) is 5.91 Å². The van der Waals surface area contributed by atoms with Crippen molar-refractivity contribution < 1.29 is 19.1 Å². The number of likely N-dealkylation sites (N-methyl/N-ethyl adjacent to an activating group) is 1. The van der Waals surface area contributed by atoms with Crippen molar-refractivity contribution >= 4 is 11.8 Å². The number of rotatable bonds is 7. The minimum absolute atomic E-state index is 0.0699. The van der Waals surface area contributed by atoms with E-state index < -0.39 is 12.1 Å². The molecule has 0 spiro atoms. The molecule has 0 aromatic heterocycles. The molecule has 0 N–H and O–H groups in total. The van der Waals surface area contributed by atoms with E-state index in [0.717, 1.165) is 17.5 Å². The summed E-state index contributed by atoms with van der Waals surface area (Å²) in [4.78, 5) is 28.7.